The van der Waals surface area contributed by atoms with E-state index in [1.54, 1.807) is 0 Å². The Morgan fingerprint density at radius 1 is 1.31 bits per heavy atom. The Morgan fingerprint density at radius 2 is 1.94 bits per heavy atom. The number of benzene rings is 1. The molecule has 1 fully saturated rings. The van der Waals surface area contributed by atoms with Gasteiger partial charge in [-0.05, 0) is 31.9 Å². The molecule has 1 aromatic carbocycles. The van der Waals surface area contributed by atoms with Crippen LogP contribution in [-0.4, -0.2) is 12.1 Å². The molecule has 1 aromatic rings. The monoisotopic (exact) mass is 225 g/mol. The smallest absolute Gasteiger partial charge is 0.129 e. The molecule has 1 aliphatic rings. The van der Waals surface area contributed by atoms with Gasteiger partial charge in [-0.2, -0.15) is 0 Å². The summed E-state index contributed by atoms with van der Waals surface area (Å²) in [7, 11) is 0. The fraction of sp³-hybridized carbons (Fsp3) is 0.538. The van der Waals surface area contributed by atoms with Crippen molar-refractivity contribution >= 4 is 0 Å². The Morgan fingerprint density at radius 3 is 2.50 bits per heavy atom. The van der Waals surface area contributed by atoms with E-state index in [1.807, 2.05) is 6.92 Å². The quantitative estimate of drug-likeness (QED) is 0.815. The van der Waals surface area contributed by atoms with Crippen LogP contribution in [0.2, 0.25) is 0 Å². The van der Waals surface area contributed by atoms with Crippen molar-refractivity contribution in [2.75, 3.05) is 0 Å². The van der Waals surface area contributed by atoms with Crippen LogP contribution < -0.4 is 5.32 Å². The van der Waals surface area contributed by atoms with Crippen molar-refractivity contribution in [3.63, 3.8) is 0 Å². The number of halogens is 2. The van der Waals surface area contributed by atoms with E-state index in [2.05, 4.69) is 12.2 Å². The lowest BCUT2D eigenvalue weighted by Gasteiger charge is -2.19. The summed E-state index contributed by atoms with van der Waals surface area (Å²) >= 11 is 0. The first-order valence-electron chi connectivity index (χ1n) is 5.83. The van der Waals surface area contributed by atoms with Crippen LogP contribution in [0.25, 0.3) is 0 Å². The average Bonchev–Trinajstić information content (AvgIpc) is 2.59. The van der Waals surface area contributed by atoms with E-state index in [4.69, 9.17) is 0 Å². The van der Waals surface area contributed by atoms with Crippen LogP contribution in [0.5, 0.6) is 0 Å². The minimum Gasteiger partial charge on any atom is -0.311 e. The molecule has 0 radical (unpaired) electrons. The molecule has 3 unspecified atom stereocenters. The molecule has 0 bridgehead atoms. The molecule has 1 N–H and O–H groups in total. The number of hydrogen-bond donors (Lipinski definition) is 1. The summed E-state index contributed by atoms with van der Waals surface area (Å²) in [5.41, 5.74) is 0.256. The zero-order valence-electron chi connectivity index (χ0n) is 9.63. The Bertz CT molecular complexity index is 358. The van der Waals surface area contributed by atoms with E-state index >= 15 is 0 Å². The minimum atomic E-state index is -0.417. The first-order valence-corrected chi connectivity index (χ1v) is 5.83. The van der Waals surface area contributed by atoms with Gasteiger partial charge in [0.25, 0.3) is 0 Å². The van der Waals surface area contributed by atoms with Gasteiger partial charge >= 0.3 is 0 Å². The van der Waals surface area contributed by atoms with Crippen molar-refractivity contribution in [3.05, 3.63) is 35.4 Å². The average molecular weight is 225 g/mol. The number of hydrogen-bond acceptors (Lipinski definition) is 1. The summed E-state index contributed by atoms with van der Waals surface area (Å²) in [6, 6.07) is 4.61. The van der Waals surface area contributed by atoms with E-state index in [-0.39, 0.29) is 17.5 Å². The molecule has 0 aromatic heterocycles. The lowest BCUT2D eigenvalue weighted by molar-refractivity contribution is 0.473. The summed E-state index contributed by atoms with van der Waals surface area (Å²) in [6.45, 7) is 4.10. The summed E-state index contributed by atoms with van der Waals surface area (Å²) in [6.07, 6.45) is 1.69. The second-order valence-electron chi connectivity index (χ2n) is 4.56. The van der Waals surface area contributed by atoms with Crippen molar-refractivity contribution in [2.24, 2.45) is 0 Å². The molecule has 3 heteroatoms. The maximum Gasteiger partial charge on any atom is 0.129 e. The van der Waals surface area contributed by atoms with Gasteiger partial charge in [-0.15, -0.1) is 0 Å². The van der Waals surface area contributed by atoms with E-state index in [1.165, 1.54) is 18.2 Å². The second kappa shape index (κ2) is 4.50. The van der Waals surface area contributed by atoms with Gasteiger partial charge < -0.3 is 5.32 Å². The fourth-order valence-electron chi connectivity index (χ4n) is 2.68. The van der Waals surface area contributed by atoms with E-state index < -0.39 is 11.6 Å². The van der Waals surface area contributed by atoms with Crippen LogP contribution >= 0.6 is 0 Å². The maximum atomic E-state index is 13.7. The second-order valence-corrected chi connectivity index (χ2v) is 4.56. The minimum absolute atomic E-state index is 0.0406. The Hall–Kier alpha value is -0.960. The zero-order chi connectivity index (χ0) is 11.7. The lowest BCUT2D eigenvalue weighted by Crippen LogP contribution is -2.29. The van der Waals surface area contributed by atoms with E-state index in [9.17, 15) is 8.78 Å². The van der Waals surface area contributed by atoms with Gasteiger partial charge in [0.1, 0.15) is 11.6 Å². The Kier molecular flexibility index (Phi) is 3.24. The molecule has 88 valence electrons. The van der Waals surface area contributed by atoms with Crippen molar-refractivity contribution < 1.29 is 8.78 Å². The van der Waals surface area contributed by atoms with Gasteiger partial charge in [0.2, 0.25) is 0 Å². The first-order chi connectivity index (χ1) is 7.63. The third-order valence-electron chi connectivity index (χ3n) is 3.40. The highest BCUT2D eigenvalue weighted by molar-refractivity contribution is 5.27. The molecule has 0 amide bonds. The third-order valence-corrected chi connectivity index (χ3v) is 3.40. The van der Waals surface area contributed by atoms with E-state index in [0.29, 0.717) is 6.04 Å². The normalized spacial score (nSPS) is 29.6. The highest BCUT2D eigenvalue weighted by Gasteiger charge is 2.34. The maximum absolute atomic E-state index is 13.7. The molecule has 1 aliphatic heterocycles. The van der Waals surface area contributed by atoms with Crippen LogP contribution in [-0.2, 0) is 0 Å². The Balaban J connectivity index is 2.36. The van der Waals surface area contributed by atoms with Gasteiger partial charge in [-0.1, -0.05) is 13.0 Å². The van der Waals surface area contributed by atoms with Crippen molar-refractivity contribution in [2.45, 2.75) is 44.7 Å². The summed E-state index contributed by atoms with van der Waals surface area (Å²) in [5, 5.41) is 3.37. The van der Waals surface area contributed by atoms with Gasteiger partial charge in [-0.3, -0.25) is 0 Å². The van der Waals surface area contributed by atoms with E-state index in [0.717, 1.165) is 12.8 Å². The lowest BCUT2D eigenvalue weighted by atomic mass is 9.89. The molecule has 2 rings (SSSR count). The van der Waals surface area contributed by atoms with Gasteiger partial charge in [-0.25, -0.2) is 8.78 Å². The standard InChI is InChI=1S/C13H17F2N/c1-3-12-9(7-8(2)16-12)13-10(14)5-4-6-11(13)15/h4-6,8-9,12,16H,3,7H2,1-2H3. The summed E-state index contributed by atoms with van der Waals surface area (Å²) < 4.78 is 27.3. The van der Waals surface area contributed by atoms with Crippen LogP contribution in [0.15, 0.2) is 18.2 Å². The first kappa shape index (κ1) is 11.5. The van der Waals surface area contributed by atoms with Gasteiger partial charge in [0.05, 0.1) is 0 Å². The third kappa shape index (κ3) is 1.96. The van der Waals surface area contributed by atoms with Crippen LogP contribution in [0, 0.1) is 11.6 Å². The molecule has 1 heterocycles. The Labute approximate surface area is 94.9 Å². The number of nitrogens with one attached hydrogen (secondary N) is 1. The highest BCUT2D eigenvalue weighted by Crippen LogP contribution is 2.35. The molecule has 1 saturated heterocycles. The predicted octanol–water partition coefficient (Wildman–Crippen LogP) is 3.21. The molecule has 1 nitrogen and oxygen atoms in total. The number of rotatable bonds is 2. The van der Waals surface area contributed by atoms with Crippen molar-refractivity contribution in [1.29, 1.82) is 0 Å². The molecular formula is C13H17F2N. The fourth-order valence-corrected chi connectivity index (χ4v) is 2.68. The topological polar surface area (TPSA) is 12.0 Å². The van der Waals surface area contributed by atoms with Crippen LogP contribution in [0.4, 0.5) is 8.78 Å². The SMILES string of the molecule is CCC1NC(C)CC1c1c(F)cccc1F. The summed E-state index contributed by atoms with van der Waals surface area (Å²) in [4.78, 5) is 0. The van der Waals surface area contributed by atoms with Crippen molar-refractivity contribution in [1.82, 2.24) is 5.32 Å². The highest BCUT2D eigenvalue weighted by atomic mass is 19.1. The molecule has 16 heavy (non-hydrogen) atoms. The molecule has 0 saturated carbocycles. The largest absolute Gasteiger partial charge is 0.311 e. The van der Waals surface area contributed by atoms with Gasteiger partial charge in [0.15, 0.2) is 0 Å². The zero-order valence-corrected chi connectivity index (χ0v) is 9.63. The van der Waals surface area contributed by atoms with Crippen LogP contribution in [0.1, 0.15) is 38.2 Å². The van der Waals surface area contributed by atoms with Crippen molar-refractivity contribution in [3.8, 4) is 0 Å². The molecule has 0 aliphatic carbocycles. The molecular weight excluding hydrogens is 208 g/mol. The predicted molar refractivity (Wildman–Crippen MR) is 60.4 cm³/mol. The summed E-state index contributed by atoms with van der Waals surface area (Å²) in [5.74, 6) is -0.875. The van der Waals surface area contributed by atoms with Gasteiger partial charge in [0, 0.05) is 23.6 Å². The molecule has 3 atom stereocenters. The molecule has 0 spiro atoms. The van der Waals surface area contributed by atoms with Crippen LogP contribution in [0.3, 0.4) is 0 Å².